The minimum atomic E-state index is 0. The Balaban J connectivity index is 0.00000144. The summed E-state index contributed by atoms with van der Waals surface area (Å²) in [6.45, 7) is 1.00. The molecule has 1 N–H and O–H groups in total. The molecule has 0 unspecified atom stereocenters. The molecule has 3 heterocycles. The molecule has 2 fully saturated rings. The fourth-order valence-corrected chi connectivity index (χ4v) is 3.34. The molecule has 3 nitrogen and oxygen atoms in total. The Labute approximate surface area is 136 Å². The van der Waals surface area contributed by atoms with E-state index in [-0.39, 0.29) is 13.5 Å². The Morgan fingerprint density at radius 1 is 1.18 bits per heavy atom. The molecule has 0 saturated carbocycles. The van der Waals surface area contributed by atoms with Gasteiger partial charge in [-0.1, -0.05) is 43.3 Å². The van der Waals surface area contributed by atoms with Gasteiger partial charge in [-0.3, -0.25) is 4.98 Å². The van der Waals surface area contributed by atoms with Crippen molar-refractivity contribution in [3.05, 3.63) is 64.4 Å². The number of hydrogen-bond donors (Lipinski definition) is 1. The SMILES string of the molecule is C.Clc1ccc(Cc2ccc([C@@H]3O[C@H]4CN[C@@H]3C4)cc2)nc1. The van der Waals surface area contributed by atoms with Crippen molar-refractivity contribution in [3.63, 3.8) is 0 Å². The predicted molar refractivity (Wildman–Crippen MR) is 89.2 cm³/mol. The van der Waals surface area contributed by atoms with Crippen molar-refractivity contribution in [2.45, 2.75) is 38.5 Å². The van der Waals surface area contributed by atoms with Crippen LogP contribution in [0.25, 0.3) is 0 Å². The number of fused-ring (bicyclic) bond motifs is 2. The van der Waals surface area contributed by atoms with Gasteiger partial charge in [0.15, 0.2) is 0 Å². The molecule has 116 valence electrons. The first kappa shape index (κ1) is 15.5. The Kier molecular flexibility index (Phi) is 4.48. The minimum Gasteiger partial charge on any atom is -0.367 e. The maximum absolute atomic E-state index is 6.03. The summed E-state index contributed by atoms with van der Waals surface area (Å²) in [6, 6.07) is 13.0. The second kappa shape index (κ2) is 6.37. The van der Waals surface area contributed by atoms with Crippen molar-refractivity contribution in [1.29, 1.82) is 0 Å². The van der Waals surface area contributed by atoms with E-state index in [0.717, 1.165) is 25.1 Å². The molecule has 2 bridgehead atoms. The number of rotatable bonds is 3. The van der Waals surface area contributed by atoms with E-state index in [9.17, 15) is 0 Å². The molecule has 0 radical (unpaired) electrons. The van der Waals surface area contributed by atoms with Gasteiger partial charge in [0, 0.05) is 30.9 Å². The largest absolute Gasteiger partial charge is 0.367 e. The number of nitrogens with zero attached hydrogens (tertiary/aromatic N) is 1. The topological polar surface area (TPSA) is 34.1 Å². The summed E-state index contributed by atoms with van der Waals surface area (Å²) in [5.41, 5.74) is 3.55. The Morgan fingerprint density at radius 3 is 2.59 bits per heavy atom. The third-order valence-corrected chi connectivity index (χ3v) is 4.53. The lowest BCUT2D eigenvalue weighted by Gasteiger charge is -2.23. The third-order valence-electron chi connectivity index (χ3n) is 4.31. The smallest absolute Gasteiger partial charge is 0.0983 e. The average molecular weight is 317 g/mol. The number of halogens is 1. The first-order chi connectivity index (χ1) is 10.3. The van der Waals surface area contributed by atoms with Crippen molar-refractivity contribution in [2.24, 2.45) is 0 Å². The predicted octanol–water partition coefficient (Wildman–Crippen LogP) is 3.76. The standard InChI is InChI=1S/C17H17ClN2O.CH4/c18-13-5-6-14(19-9-13)7-11-1-3-12(4-2-11)17-16-8-15(21-17)10-20-16;/h1-6,9,15-17,20H,7-8,10H2;1H4/t15-,16-,17+;/m1./s1. The maximum Gasteiger partial charge on any atom is 0.0983 e. The second-order valence-electron chi connectivity index (χ2n) is 5.82. The zero-order valence-electron chi connectivity index (χ0n) is 11.6. The van der Waals surface area contributed by atoms with Gasteiger partial charge in [0.2, 0.25) is 0 Å². The Bertz CT molecular complexity index is 627. The summed E-state index contributed by atoms with van der Waals surface area (Å²) >= 11 is 5.86. The van der Waals surface area contributed by atoms with E-state index in [0.29, 0.717) is 17.2 Å². The number of nitrogens with one attached hydrogen (secondary N) is 1. The van der Waals surface area contributed by atoms with Gasteiger partial charge in [0.05, 0.1) is 17.2 Å². The van der Waals surface area contributed by atoms with Crippen LogP contribution in [0.1, 0.15) is 36.8 Å². The van der Waals surface area contributed by atoms with Crippen LogP contribution in [-0.4, -0.2) is 23.7 Å². The summed E-state index contributed by atoms with van der Waals surface area (Å²) in [6.07, 6.45) is 4.28. The lowest BCUT2D eigenvalue weighted by atomic mass is 10.00. The van der Waals surface area contributed by atoms with Crippen LogP contribution in [-0.2, 0) is 11.2 Å². The first-order valence-corrected chi connectivity index (χ1v) is 7.74. The van der Waals surface area contributed by atoms with Gasteiger partial charge in [-0.05, 0) is 29.7 Å². The van der Waals surface area contributed by atoms with Gasteiger partial charge in [0.25, 0.3) is 0 Å². The summed E-state index contributed by atoms with van der Waals surface area (Å²) in [5, 5.41) is 4.19. The van der Waals surface area contributed by atoms with E-state index in [1.165, 1.54) is 11.1 Å². The zero-order chi connectivity index (χ0) is 14.2. The Morgan fingerprint density at radius 2 is 2.00 bits per heavy atom. The van der Waals surface area contributed by atoms with Gasteiger partial charge in [0.1, 0.15) is 0 Å². The maximum atomic E-state index is 6.03. The molecule has 1 aromatic heterocycles. The molecule has 2 aliphatic rings. The molecule has 3 atom stereocenters. The van der Waals surface area contributed by atoms with E-state index >= 15 is 0 Å². The van der Waals surface area contributed by atoms with Crippen LogP contribution in [0.5, 0.6) is 0 Å². The van der Waals surface area contributed by atoms with E-state index in [1.807, 2.05) is 12.1 Å². The average Bonchev–Trinajstić information content (AvgIpc) is 3.13. The molecule has 2 saturated heterocycles. The highest BCUT2D eigenvalue weighted by Gasteiger charge is 2.41. The first-order valence-electron chi connectivity index (χ1n) is 7.36. The quantitative estimate of drug-likeness (QED) is 0.936. The lowest BCUT2D eigenvalue weighted by Crippen LogP contribution is -2.33. The van der Waals surface area contributed by atoms with Crippen LogP contribution >= 0.6 is 11.6 Å². The molecule has 2 aliphatic heterocycles. The van der Waals surface area contributed by atoms with Gasteiger partial charge in [-0.2, -0.15) is 0 Å². The third kappa shape index (κ3) is 3.02. The molecule has 4 rings (SSSR count). The molecular formula is C18H21ClN2O. The van der Waals surface area contributed by atoms with Crippen molar-refractivity contribution < 1.29 is 4.74 Å². The van der Waals surface area contributed by atoms with Gasteiger partial charge in [-0.15, -0.1) is 0 Å². The van der Waals surface area contributed by atoms with Crippen LogP contribution in [0.2, 0.25) is 5.02 Å². The monoisotopic (exact) mass is 316 g/mol. The molecular weight excluding hydrogens is 296 g/mol. The van der Waals surface area contributed by atoms with Crippen molar-refractivity contribution in [2.75, 3.05) is 6.54 Å². The molecule has 1 aromatic carbocycles. The highest BCUT2D eigenvalue weighted by Crippen LogP contribution is 2.36. The minimum absolute atomic E-state index is 0. The fraction of sp³-hybridized carbons (Fsp3) is 0.389. The summed E-state index contributed by atoms with van der Waals surface area (Å²) in [7, 11) is 0. The van der Waals surface area contributed by atoms with Crippen LogP contribution in [0.4, 0.5) is 0 Å². The van der Waals surface area contributed by atoms with Gasteiger partial charge < -0.3 is 10.1 Å². The highest BCUT2D eigenvalue weighted by atomic mass is 35.5. The molecule has 4 heteroatoms. The number of hydrogen-bond acceptors (Lipinski definition) is 3. The summed E-state index contributed by atoms with van der Waals surface area (Å²) < 4.78 is 6.03. The van der Waals surface area contributed by atoms with E-state index < -0.39 is 0 Å². The zero-order valence-corrected chi connectivity index (χ0v) is 12.4. The summed E-state index contributed by atoms with van der Waals surface area (Å²) in [5.74, 6) is 0. The number of aromatic nitrogens is 1. The number of morpholine rings is 1. The highest BCUT2D eigenvalue weighted by molar-refractivity contribution is 6.30. The van der Waals surface area contributed by atoms with Gasteiger partial charge >= 0.3 is 0 Å². The molecule has 0 spiro atoms. The molecule has 0 aliphatic carbocycles. The second-order valence-corrected chi connectivity index (χ2v) is 6.25. The van der Waals surface area contributed by atoms with Crippen LogP contribution in [0, 0.1) is 0 Å². The van der Waals surface area contributed by atoms with Crippen molar-refractivity contribution in [3.8, 4) is 0 Å². The molecule has 22 heavy (non-hydrogen) atoms. The lowest BCUT2D eigenvalue weighted by molar-refractivity contribution is 0.0160. The molecule has 2 aromatic rings. The molecule has 0 amide bonds. The van der Waals surface area contributed by atoms with Crippen LogP contribution < -0.4 is 5.32 Å². The van der Waals surface area contributed by atoms with E-state index in [2.05, 4.69) is 34.6 Å². The van der Waals surface area contributed by atoms with Crippen LogP contribution in [0.3, 0.4) is 0 Å². The number of pyridine rings is 1. The van der Waals surface area contributed by atoms with Gasteiger partial charge in [-0.25, -0.2) is 0 Å². The normalized spacial score (nSPS) is 26.0. The van der Waals surface area contributed by atoms with Crippen LogP contribution in [0.15, 0.2) is 42.6 Å². The number of benzene rings is 1. The Hall–Kier alpha value is -1.42. The number of ether oxygens (including phenoxy) is 1. The van der Waals surface area contributed by atoms with Crippen molar-refractivity contribution in [1.82, 2.24) is 10.3 Å². The summed E-state index contributed by atoms with van der Waals surface area (Å²) in [4.78, 5) is 4.34. The van der Waals surface area contributed by atoms with E-state index in [1.54, 1.807) is 6.20 Å². The van der Waals surface area contributed by atoms with Crippen molar-refractivity contribution >= 4 is 11.6 Å². The van der Waals surface area contributed by atoms with E-state index in [4.69, 9.17) is 16.3 Å². The fourth-order valence-electron chi connectivity index (χ4n) is 3.23.